The SMILES string of the molecule is CC(=O)Nc1ccc(C(=O)N2CCCN(c3ccc(=O)n(-c4ccc(C)cc4)n3)CC2)cc1. The van der Waals surface area contributed by atoms with E-state index in [1.165, 1.54) is 17.7 Å². The number of benzene rings is 2. The molecule has 8 heteroatoms. The summed E-state index contributed by atoms with van der Waals surface area (Å²) in [7, 11) is 0. The summed E-state index contributed by atoms with van der Waals surface area (Å²) in [6, 6.07) is 17.9. The molecule has 8 nitrogen and oxygen atoms in total. The molecule has 2 amide bonds. The highest BCUT2D eigenvalue weighted by molar-refractivity contribution is 5.95. The van der Waals surface area contributed by atoms with Crippen molar-refractivity contribution < 1.29 is 9.59 Å². The Hall–Kier alpha value is -3.94. The Kier molecular flexibility index (Phi) is 6.53. The molecule has 170 valence electrons. The van der Waals surface area contributed by atoms with Crippen LogP contribution in [-0.2, 0) is 4.79 Å². The molecule has 1 aliphatic heterocycles. The molecular formula is C25H27N5O3. The van der Waals surface area contributed by atoms with Crippen LogP contribution >= 0.6 is 0 Å². The molecule has 2 heterocycles. The first kappa shape index (κ1) is 22.3. The number of carbonyl (C=O) groups is 2. The Morgan fingerprint density at radius 3 is 2.30 bits per heavy atom. The van der Waals surface area contributed by atoms with E-state index in [1.807, 2.05) is 36.1 Å². The highest BCUT2D eigenvalue weighted by Gasteiger charge is 2.21. The Bertz CT molecular complexity index is 1200. The van der Waals surface area contributed by atoms with Crippen LogP contribution in [0.1, 0.15) is 29.3 Å². The van der Waals surface area contributed by atoms with E-state index >= 15 is 0 Å². The van der Waals surface area contributed by atoms with Crippen LogP contribution in [0, 0.1) is 6.92 Å². The van der Waals surface area contributed by atoms with Crippen molar-refractivity contribution in [3.05, 3.63) is 82.1 Å². The zero-order valence-corrected chi connectivity index (χ0v) is 18.8. The predicted molar refractivity (Wildman–Crippen MR) is 128 cm³/mol. The van der Waals surface area contributed by atoms with Crippen LogP contribution in [-0.4, -0.2) is 52.7 Å². The van der Waals surface area contributed by atoms with E-state index in [-0.39, 0.29) is 17.4 Å². The number of hydrogen-bond acceptors (Lipinski definition) is 5. The molecule has 1 aromatic heterocycles. The number of anilines is 2. The smallest absolute Gasteiger partial charge is 0.271 e. The molecule has 1 fully saturated rings. The standard InChI is InChI=1S/C25H27N5O3/c1-18-4-10-22(11-5-18)30-24(32)13-12-23(27-30)28-14-3-15-29(17-16-28)25(33)20-6-8-21(9-7-20)26-19(2)31/h4-13H,3,14-17H2,1-2H3,(H,26,31). The first-order chi connectivity index (χ1) is 15.9. The van der Waals surface area contributed by atoms with E-state index < -0.39 is 0 Å². The van der Waals surface area contributed by atoms with Crippen molar-refractivity contribution >= 4 is 23.3 Å². The van der Waals surface area contributed by atoms with Gasteiger partial charge in [-0.05, 0) is 55.8 Å². The average Bonchev–Trinajstić information content (AvgIpc) is 3.06. The molecule has 0 atom stereocenters. The lowest BCUT2D eigenvalue weighted by atomic mass is 10.1. The molecule has 0 unspecified atom stereocenters. The summed E-state index contributed by atoms with van der Waals surface area (Å²) in [4.78, 5) is 40.5. The fourth-order valence-corrected chi connectivity index (χ4v) is 3.87. The molecule has 2 aromatic carbocycles. The Morgan fingerprint density at radius 2 is 1.61 bits per heavy atom. The van der Waals surface area contributed by atoms with Gasteiger partial charge in [-0.25, -0.2) is 0 Å². The zero-order chi connectivity index (χ0) is 23.4. The Morgan fingerprint density at radius 1 is 0.879 bits per heavy atom. The largest absolute Gasteiger partial charge is 0.353 e. The third-order valence-electron chi connectivity index (χ3n) is 5.62. The van der Waals surface area contributed by atoms with Crippen molar-refractivity contribution in [3.8, 4) is 5.69 Å². The quantitative estimate of drug-likeness (QED) is 0.667. The number of nitrogens with zero attached hydrogens (tertiary/aromatic N) is 4. The van der Waals surface area contributed by atoms with E-state index in [2.05, 4.69) is 15.3 Å². The fraction of sp³-hybridized carbons (Fsp3) is 0.280. The van der Waals surface area contributed by atoms with Crippen molar-refractivity contribution in [1.82, 2.24) is 14.7 Å². The molecule has 1 N–H and O–H groups in total. The normalized spacial score (nSPS) is 14.0. The summed E-state index contributed by atoms with van der Waals surface area (Å²) < 4.78 is 1.42. The minimum absolute atomic E-state index is 0.0381. The first-order valence-electron chi connectivity index (χ1n) is 11.0. The van der Waals surface area contributed by atoms with Gasteiger partial charge in [0.25, 0.3) is 11.5 Å². The molecule has 0 bridgehead atoms. The van der Waals surface area contributed by atoms with Crippen molar-refractivity contribution in [2.75, 3.05) is 36.4 Å². The van der Waals surface area contributed by atoms with Gasteiger partial charge in [-0.3, -0.25) is 14.4 Å². The molecule has 4 rings (SSSR count). The van der Waals surface area contributed by atoms with Gasteiger partial charge in [-0.2, -0.15) is 4.68 Å². The molecule has 0 aliphatic carbocycles. The summed E-state index contributed by atoms with van der Waals surface area (Å²) in [5, 5.41) is 7.30. The number of amides is 2. The average molecular weight is 446 g/mol. The van der Waals surface area contributed by atoms with Gasteiger partial charge >= 0.3 is 0 Å². The number of aryl methyl sites for hydroxylation is 1. The summed E-state index contributed by atoms with van der Waals surface area (Å²) in [6.07, 6.45) is 0.793. The van der Waals surface area contributed by atoms with E-state index in [0.717, 1.165) is 24.2 Å². The van der Waals surface area contributed by atoms with Crippen LogP contribution < -0.4 is 15.8 Å². The second-order valence-electron chi connectivity index (χ2n) is 8.17. The van der Waals surface area contributed by atoms with Crippen molar-refractivity contribution in [1.29, 1.82) is 0 Å². The molecule has 33 heavy (non-hydrogen) atoms. The zero-order valence-electron chi connectivity index (χ0n) is 18.8. The summed E-state index contributed by atoms with van der Waals surface area (Å²) in [6.45, 7) is 6.00. The van der Waals surface area contributed by atoms with Crippen LogP contribution in [0.5, 0.6) is 0 Å². The van der Waals surface area contributed by atoms with E-state index in [4.69, 9.17) is 0 Å². The lowest BCUT2D eigenvalue weighted by molar-refractivity contribution is -0.114. The van der Waals surface area contributed by atoms with E-state index in [0.29, 0.717) is 36.7 Å². The lowest BCUT2D eigenvalue weighted by Crippen LogP contribution is -2.36. The molecule has 0 radical (unpaired) electrons. The fourth-order valence-electron chi connectivity index (χ4n) is 3.87. The second-order valence-corrected chi connectivity index (χ2v) is 8.17. The topological polar surface area (TPSA) is 87.5 Å². The summed E-state index contributed by atoms with van der Waals surface area (Å²) >= 11 is 0. The lowest BCUT2D eigenvalue weighted by Gasteiger charge is -2.23. The maximum atomic E-state index is 13.0. The Labute approximate surface area is 192 Å². The number of aromatic nitrogens is 2. The summed E-state index contributed by atoms with van der Waals surface area (Å²) in [5.74, 6) is 0.525. The molecule has 1 aliphatic rings. The minimum Gasteiger partial charge on any atom is -0.353 e. The van der Waals surface area contributed by atoms with E-state index in [1.54, 1.807) is 30.3 Å². The van der Waals surface area contributed by atoms with Crippen LogP contribution in [0.4, 0.5) is 11.5 Å². The predicted octanol–water partition coefficient (Wildman–Crippen LogP) is 2.85. The first-order valence-corrected chi connectivity index (χ1v) is 11.0. The van der Waals surface area contributed by atoms with Crippen LogP contribution in [0.2, 0.25) is 0 Å². The van der Waals surface area contributed by atoms with Gasteiger partial charge in [-0.1, -0.05) is 17.7 Å². The highest BCUT2D eigenvalue weighted by Crippen LogP contribution is 2.17. The maximum absolute atomic E-state index is 13.0. The number of carbonyl (C=O) groups excluding carboxylic acids is 2. The van der Waals surface area contributed by atoms with Gasteiger partial charge < -0.3 is 15.1 Å². The maximum Gasteiger partial charge on any atom is 0.271 e. The van der Waals surface area contributed by atoms with Crippen molar-refractivity contribution in [3.63, 3.8) is 0 Å². The molecule has 0 saturated carbocycles. The number of rotatable bonds is 4. The van der Waals surface area contributed by atoms with Crippen molar-refractivity contribution in [2.45, 2.75) is 20.3 Å². The molecule has 1 saturated heterocycles. The molecular weight excluding hydrogens is 418 g/mol. The Balaban J connectivity index is 1.46. The van der Waals surface area contributed by atoms with E-state index in [9.17, 15) is 14.4 Å². The van der Waals surface area contributed by atoms with Gasteiger partial charge in [0.2, 0.25) is 5.91 Å². The molecule has 3 aromatic rings. The third-order valence-corrected chi connectivity index (χ3v) is 5.62. The summed E-state index contributed by atoms with van der Waals surface area (Å²) in [5.41, 5.74) is 2.91. The van der Waals surface area contributed by atoms with Crippen LogP contribution in [0.15, 0.2) is 65.5 Å². The van der Waals surface area contributed by atoms with Gasteiger partial charge in [0.1, 0.15) is 5.82 Å². The second kappa shape index (κ2) is 9.68. The van der Waals surface area contributed by atoms with Crippen LogP contribution in [0.25, 0.3) is 5.69 Å². The van der Waals surface area contributed by atoms with Gasteiger partial charge in [0.15, 0.2) is 0 Å². The van der Waals surface area contributed by atoms with Gasteiger partial charge in [0.05, 0.1) is 5.69 Å². The number of nitrogens with one attached hydrogen (secondary N) is 1. The van der Waals surface area contributed by atoms with Gasteiger partial charge in [-0.15, -0.1) is 5.10 Å². The molecule has 0 spiro atoms. The van der Waals surface area contributed by atoms with Gasteiger partial charge in [0, 0.05) is 50.4 Å². The van der Waals surface area contributed by atoms with Crippen molar-refractivity contribution in [2.24, 2.45) is 0 Å². The highest BCUT2D eigenvalue weighted by atomic mass is 16.2. The third kappa shape index (κ3) is 5.28. The van der Waals surface area contributed by atoms with Crippen LogP contribution in [0.3, 0.4) is 0 Å². The number of hydrogen-bond donors (Lipinski definition) is 1. The minimum atomic E-state index is -0.183. The monoisotopic (exact) mass is 445 g/mol.